The van der Waals surface area contributed by atoms with Gasteiger partial charge in [-0.1, -0.05) is 19.1 Å². The van der Waals surface area contributed by atoms with Crippen LogP contribution in [0.1, 0.15) is 44.7 Å². The molecule has 0 aromatic heterocycles. The molecule has 1 aromatic rings. The molecule has 1 fully saturated rings. The van der Waals surface area contributed by atoms with Gasteiger partial charge in [-0.2, -0.15) is 0 Å². The van der Waals surface area contributed by atoms with E-state index >= 15 is 0 Å². The van der Waals surface area contributed by atoms with Crippen molar-refractivity contribution in [2.75, 3.05) is 6.54 Å². The van der Waals surface area contributed by atoms with Crippen LogP contribution in [-0.4, -0.2) is 23.4 Å². The predicted octanol–water partition coefficient (Wildman–Crippen LogP) is 3.28. The van der Waals surface area contributed by atoms with Crippen molar-refractivity contribution in [1.29, 1.82) is 0 Å². The van der Waals surface area contributed by atoms with E-state index in [4.69, 9.17) is 5.73 Å². The molecule has 0 bridgehead atoms. The Morgan fingerprint density at radius 1 is 1.29 bits per heavy atom. The van der Waals surface area contributed by atoms with E-state index < -0.39 is 0 Å². The van der Waals surface area contributed by atoms with Gasteiger partial charge in [-0.15, -0.1) is 12.4 Å². The lowest BCUT2D eigenvalue weighted by atomic mass is 9.92. The summed E-state index contributed by atoms with van der Waals surface area (Å²) >= 11 is 0. The maximum Gasteiger partial charge on any atom is 0.227 e. The third kappa shape index (κ3) is 4.17. The molecule has 118 valence electrons. The van der Waals surface area contributed by atoms with Crippen molar-refractivity contribution in [2.45, 2.75) is 45.2 Å². The summed E-state index contributed by atoms with van der Waals surface area (Å²) in [5, 5.41) is 0. The summed E-state index contributed by atoms with van der Waals surface area (Å²) in [6.45, 7) is 4.50. The van der Waals surface area contributed by atoms with E-state index in [0.717, 1.165) is 31.4 Å². The van der Waals surface area contributed by atoms with Crippen molar-refractivity contribution < 1.29 is 9.18 Å². The number of hydrogen-bond donors (Lipinski definition) is 1. The average Bonchev–Trinajstić information content (AvgIpc) is 2.46. The number of nitrogens with two attached hydrogens (primary N) is 1. The Bertz CT molecular complexity index is 464. The zero-order valence-electron chi connectivity index (χ0n) is 12.6. The highest BCUT2D eigenvalue weighted by atomic mass is 35.5. The monoisotopic (exact) mass is 314 g/mol. The minimum absolute atomic E-state index is 0. The first-order valence-electron chi connectivity index (χ1n) is 7.32. The van der Waals surface area contributed by atoms with E-state index in [9.17, 15) is 9.18 Å². The predicted molar refractivity (Wildman–Crippen MR) is 84.8 cm³/mol. The molecule has 1 saturated heterocycles. The number of piperidine rings is 1. The van der Waals surface area contributed by atoms with Crippen molar-refractivity contribution in [3.05, 3.63) is 35.6 Å². The number of nitrogens with zero attached hydrogens (tertiary/aromatic N) is 1. The van der Waals surface area contributed by atoms with Crippen LogP contribution in [0.15, 0.2) is 24.3 Å². The minimum Gasteiger partial charge on any atom is -0.335 e. The molecule has 5 heteroatoms. The summed E-state index contributed by atoms with van der Waals surface area (Å²) in [6.07, 6.45) is 3.05. The van der Waals surface area contributed by atoms with Crippen molar-refractivity contribution in [3.63, 3.8) is 0 Å². The van der Waals surface area contributed by atoms with Gasteiger partial charge in [0.1, 0.15) is 5.82 Å². The third-order valence-corrected chi connectivity index (χ3v) is 4.22. The van der Waals surface area contributed by atoms with Gasteiger partial charge < -0.3 is 10.6 Å². The zero-order valence-corrected chi connectivity index (χ0v) is 13.4. The standard InChI is InChI=1S/C16H23FN2O.ClH/c1-11(12(2)18)16(20)19-10-4-3-5-15(19)13-6-8-14(17)9-7-13;/h6-9,11-12,15H,3-5,10,18H2,1-2H3;1H. The van der Waals surface area contributed by atoms with Crippen molar-refractivity contribution in [3.8, 4) is 0 Å². The van der Waals surface area contributed by atoms with Crippen LogP contribution in [0, 0.1) is 11.7 Å². The van der Waals surface area contributed by atoms with Gasteiger partial charge in [-0.25, -0.2) is 4.39 Å². The molecule has 3 nitrogen and oxygen atoms in total. The first kappa shape index (κ1) is 17.9. The molecule has 21 heavy (non-hydrogen) atoms. The Balaban J connectivity index is 0.00000220. The van der Waals surface area contributed by atoms with Crippen LogP contribution >= 0.6 is 12.4 Å². The highest BCUT2D eigenvalue weighted by molar-refractivity contribution is 5.85. The van der Waals surface area contributed by atoms with E-state index in [0.29, 0.717) is 0 Å². The molecule has 1 aliphatic heterocycles. The fourth-order valence-electron chi connectivity index (χ4n) is 2.71. The Morgan fingerprint density at radius 3 is 2.48 bits per heavy atom. The molecule has 0 spiro atoms. The van der Waals surface area contributed by atoms with Gasteiger partial charge in [0.2, 0.25) is 5.91 Å². The molecule has 3 atom stereocenters. The molecule has 2 N–H and O–H groups in total. The van der Waals surface area contributed by atoms with Gasteiger partial charge in [0.15, 0.2) is 0 Å². The molecule has 1 aromatic carbocycles. The van der Waals surface area contributed by atoms with E-state index in [2.05, 4.69) is 0 Å². The average molecular weight is 315 g/mol. The lowest BCUT2D eigenvalue weighted by molar-refractivity contribution is -0.139. The summed E-state index contributed by atoms with van der Waals surface area (Å²) in [4.78, 5) is 14.5. The SMILES string of the molecule is CC(N)C(C)C(=O)N1CCCCC1c1ccc(F)cc1.Cl. The molecule has 0 saturated carbocycles. The first-order chi connectivity index (χ1) is 9.50. The van der Waals surface area contributed by atoms with Crippen LogP contribution in [0.25, 0.3) is 0 Å². The number of carbonyl (C=O) groups is 1. The largest absolute Gasteiger partial charge is 0.335 e. The quantitative estimate of drug-likeness (QED) is 0.930. The normalized spacial score (nSPS) is 21.3. The molecule has 1 aliphatic rings. The van der Waals surface area contributed by atoms with Gasteiger partial charge in [0, 0.05) is 12.6 Å². The fraction of sp³-hybridized carbons (Fsp3) is 0.562. The topological polar surface area (TPSA) is 46.3 Å². The van der Waals surface area contributed by atoms with Crippen LogP contribution in [0.4, 0.5) is 4.39 Å². The summed E-state index contributed by atoms with van der Waals surface area (Å²) in [5.41, 5.74) is 6.86. The molecular weight excluding hydrogens is 291 g/mol. The minimum atomic E-state index is -0.244. The highest BCUT2D eigenvalue weighted by Crippen LogP contribution is 2.32. The first-order valence-corrected chi connectivity index (χ1v) is 7.32. The highest BCUT2D eigenvalue weighted by Gasteiger charge is 2.31. The third-order valence-electron chi connectivity index (χ3n) is 4.22. The Kier molecular flexibility index (Phi) is 6.62. The van der Waals surface area contributed by atoms with E-state index in [1.165, 1.54) is 12.1 Å². The number of benzene rings is 1. The van der Waals surface area contributed by atoms with Gasteiger partial charge >= 0.3 is 0 Å². The smallest absolute Gasteiger partial charge is 0.227 e. The van der Waals surface area contributed by atoms with Crippen molar-refractivity contribution in [1.82, 2.24) is 4.90 Å². The molecule has 0 radical (unpaired) electrons. The van der Waals surface area contributed by atoms with Crippen LogP contribution in [0.5, 0.6) is 0 Å². The molecule has 0 aliphatic carbocycles. The zero-order chi connectivity index (χ0) is 14.7. The second kappa shape index (κ2) is 7.76. The summed E-state index contributed by atoms with van der Waals surface area (Å²) in [7, 11) is 0. The van der Waals surface area contributed by atoms with E-state index in [1.54, 1.807) is 12.1 Å². The maximum absolute atomic E-state index is 13.0. The molecule has 1 amide bonds. The number of amides is 1. The summed E-state index contributed by atoms with van der Waals surface area (Å²) < 4.78 is 13.0. The van der Waals surface area contributed by atoms with Gasteiger partial charge in [0.25, 0.3) is 0 Å². The Morgan fingerprint density at radius 2 is 1.90 bits per heavy atom. The number of hydrogen-bond acceptors (Lipinski definition) is 2. The van der Waals surface area contributed by atoms with Crippen molar-refractivity contribution >= 4 is 18.3 Å². The second-order valence-corrected chi connectivity index (χ2v) is 5.74. The molecule has 1 heterocycles. The lowest BCUT2D eigenvalue weighted by Gasteiger charge is -2.38. The van der Waals surface area contributed by atoms with E-state index in [1.807, 2.05) is 18.7 Å². The number of halogens is 2. The second-order valence-electron chi connectivity index (χ2n) is 5.74. The number of likely N-dealkylation sites (tertiary alicyclic amines) is 1. The summed E-state index contributed by atoms with van der Waals surface area (Å²) in [5.74, 6) is -0.323. The van der Waals surface area contributed by atoms with Gasteiger partial charge in [-0.05, 0) is 43.9 Å². The molecular formula is C16H24ClFN2O. The fourth-order valence-corrected chi connectivity index (χ4v) is 2.71. The van der Waals surface area contributed by atoms with Crippen LogP contribution in [-0.2, 0) is 4.79 Å². The Labute approximate surface area is 132 Å². The Hall–Kier alpha value is -1.13. The van der Waals surface area contributed by atoms with Gasteiger partial charge in [-0.3, -0.25) is 4.79 Å². The van der Waals surface area contributed by atoms with Crippen LogP contribution < -0.4 is 5.73 Å². The van der Waals surface area contributed by atoms with Crippen LogP contribution in [0.2, 0.25) is 0 Å². The van der Waals surface area contributed by atoms with Gasteiger partial charge in [0.05, 0.1) is 12.0 Å². The summed E-state index contributed by atoms with van der Waals surface area (Å²) in [6, 6.07) is 6.38. The van der Waals surface area contributed by atoms with E-state index in [-0.39, 0.29) is 42.1 Å². The number of carbonyl (C=O) groups excluding carboxylic acids is 1. The molecule has 3 unspecified atom stereocenters. The van der Waals surface area contributed by atoms with Crippen LogP contribution in [0.3, 0.4) is 0 Å². The van der Waals surface area contributed by atoms with Crippen molar-refractivity contribution in [2.24, 2.45) is 11.7 Å². The molecule has 2 rings (SSSR count). The lowest BCUT2D eigenvalue weighted by Crippen LogP contribution is -2.45. The number of rotatable bonds is 3. The maximum atomic E-state index is 13.0.